The van der Waals surface area contributed by atoms with Crippen LogP contribution in [0.25, 0.3) is 18.7 Å². The molecule has 1 heterocycles. The zero-order valence-electron chi connectivity index (χ0n) is 9.94. The first-order chi connectivity index (χ1) is 9.06. The van der Waals surface area contributed by atoms with E-state index in [1.807, 2.05) is 0 Å². The van der Waals surface area contributed by atoms with E-state index in [1.54, 1.807) is 18.2 Å². The van der Waals surface area contributed by atoms with Crippen molar-refractivity contribution < 1.29 is 4.39 Å². The molecule has 96 valence electrons. The van der Waals surface area contributed by atoms with Crippen LogP contribution in [0, 0.1) is 5.82 Å². The topological polar surface area (TPSA) is 65.7 Å². The van der Waals surface area contributed by atoms with Crippen LogP contribution in [0.15, 0.2) is 39.9 Å². The molecule has 1 aromatic heterocycles. The number of aromatic nitrogens is 2. The Morgan fingerprint density at radius 1 is 1.16 bits per heavy atom. The Morgan fingerprint density at radius 3 is 2.47 bits per heavy atom. The van der Waals surface area contributed by atoms with Crippen molar-refractivity contribution >= 4 is 18.7 Å². The van der Waals surface area contributed by atoms with Crippen LogP contribution in [-0.2, 0) is 0 Å². The molecule has 1 aromatic carbocycles. The van der Waals surface area contributed by atoms with Gasteiger partial charge in [-0.2, -0.15) is 0 Å². The molecule has 0 fully saturated rings. The van der Waals surface area contributed by atoms with Gasteiger partial charge in [0, 0.05) is 0 Å². The molecule has 5 heteroatoms. The van der Waals surface area contributed by atoms with Crippen LogP contribution in [-0.4, -0.2) is 9.97 Å². The molecule has 0 bridgehead atoms. The third-order valence-corrected chi connectivity index (χ3v) is 2.42. The van der Waals surface area contributed by atoms with Crippen molar-refractivity contribution in [1.29, 1.82) is 0 Å². The van der Waals surface area contributed by atoms with Crippen LogP contribution < -0.4 is 21.8 Å². The molecule has 4 nitrogen and oxygen atoms in total. The van der Waals surface area contributed by atoms with Gasteiger partial charge in [0.05, 0.1) is 0 Å². The first-order valence-corrected chi connectivity index (χ1v) is 5.52. The Bertz CT molecular complexity index is 809. The predicted octanol–water partition coefficient (Wildman–Crippen LogP) is 0.106. The standard InChI is InChI=1S/C14H11FN2O2/c1-9-16-13(18)12(14(19)17-9)7-3-5-10-4-2-6-11(15)8-10/h2-8H,1H2,(H,16,18)(H,17,19). The zero-order chi connectivity index (χ0) is 13.8. The number of hydrogen-bond acceptors (Lipinski definition) is 2. The van der Waals surface area contributed by atoms with Gasteiger partial charge in [0.1, 0.15) is 16.5 Å². The van der Waals surface area contributed by atoms with Crippen LogP contribution in [0.2, 0.25) is 0 Å². The van der Waals surface area contributed by atoms with Gasteiger partial charge in [-0.15, -0.1) is 0 Å². The van der Waals surface area contributed by atoms with Crippen molar-refractivity contribution in [2.75, 3.05) is 0 Å². The van der Waals surface area contributed by atoms with E-state index in [0.29, 0.717) is 5.56 Å². The molecule has 0 atom stereocenters. The minimum absolute atomic E-state index is 0.0277. The van der Waals surface area contributed by atoms with Crippen molar-refractivity contribution in [2.24, 2.45) is 0 Å². The summed E-state index contributed by atoms with van der Waals surface area (Å²) in [6, 6.07) is 5.97. The van der Waals surface area contributed by atoms with Crippen molar-refractivity contribution in [1.82, 2.24) is 9.97 Å². The van der Waals surface area contributed by atoms with Gasteiger partial charge in [-0.25, -0.2) is 4.39 Å². The summed E-state index contributed by atoms with van der Waals surface area (Å²) in [5.74, 6) is -0.348. The summed E-state index contributed by atoms with van der Waals surface area (Å²) < 4.78 is 12.9. The Morgan fingerprint density at radius 2 is 1.84 bits per heavy atom. The smallest absolute Gasteiger partial charge is 0.262 e. The van der Waals surface area contributed by atoms with Gasteiger partial charge in [-0.3, -0.25) is 9.59 Å². The average Bonchev–Trinajstić information content (AvgIpc) is 2.32. The molecular weight excluding hydrogens is 247 g/mol. The van der Waals surface area contributed by atoms with Crippen molar-refractivity contribution in [3.05, 3.63) is 73.1 Å². The highest BCUT2D eigenvalue weighted by molar-refractivity contribution is 5.57. The average molecular weight is 258 g/mol. The lowest BCUT2D eigenvalue weighted by molar-refractivity contribution is 0.627. The van der Waals surface area contributed by atoms with E-state index >= 15 is 0 Å². The molecule has 0 radical (unpaired) electrons. The molecule has 0 aliphatic rings. The van der Waals surface area contributed by atoms with Crippen LogP contribution in [0.5, 0.6) is 0 Å². The van der Waals surface area contributed by atoms with Gasteiger partial charge in [0.15, 0.2) is 0 Å². The highest BCUT2D eigenvalue weighted by Crippen LogP contribution is 2.04. The summed E-state index contributed by atoms with van der Waals surface area (Å²) >= 11 is 0. The molecule has 19 heavy (non-hydrogen) atoms. The molecule has 0 aliphatic carbocycles. The fourth-order valence-corrected chi connectivity index (χ4v) is 1.56. The van der Waals surface area contributed by atoms with E-state index in [2.05, 4.69) is 16.5 Å². The van der Waals surface area contributed by atoms with Crippen molar-refractivity contribution in [2.45, 2.75) is 0 Å². The first-order valence-electron chi connectivity index (χ1n) is 5.52. The molecule has 2 aromatic rings. The highest BCUT2D eigenvalue weighted by atomic mass is 19.1. The Labute approximate surface area is 107 Å². The Balaban J connectivity index is 2.42. The second kappa shape index (κ2) is 5.30. The predicted molar refractivity (Wildman–Crippen MR) is 72.4 cm³/mol. The Hall–Kier alpha value is -2.69. The van der Waals surface area contributed by atoms with Crippen molar-refractivity contribution in [3.8, 4) is 0 Å². The fraction of sp³-hybridized carbons (Fsp3) is 0. The first kappa shape index (κ1) is 12.8. The van der Waals surface area contributed by atoms with Crippen LogP contribution in [0.4, 0.5) is 4.39 Å². The van der Waals surface area contributed by atoms with Gasteiger partial charge >= 0.3 is 0 Å². The van der Waals surface area contributed by atoms with Crippen LogP contribution in [0.3, 0.4) is 0 Å². The minimum atomic E-state index is -0.516. The molecule has 2 rings (SSSR count). The number of rotatable bonds is 2. The largest absolute Gasteiger partial charge is 0.308 e. The quantitative estimate of drug-likeness (QED) is 0.802. The second-order valence-electron chi connectivity index (χ2n) is 3.88. The highest BCUT2D eigenvalue weighted by Gasteiger charge is 1.93. The maximum Gasteiger partial charge on any atom is 0.262 e. The van der Waals surface area contributed by atoms with Gasteiger partial charge in [0.25, 0.3) is 11.1 Å². The van der Waals surface area contributed by atoms with E-state index in [1.165, 1.54) is 24.3 Å². The number of aromatic amines is 2. The van der Waals surface area contributed by atoms with E-state index < -0.39 is 11.1 Å². The lowest BCUT2D eigenvalue weighted by Gasteiger charge is -1.91. The van der Waals surface area contributed by atoms with E-state index in [0.717, 1.165) is 0 Å². The molecule has 0 saturated carbocycles. The molecule has 0 unspecified atom stereocenters. The SMILES string of the molecule is C=c1[nH]c(=O)c(=CC=Cc2cccc(F)c2)c(=O)[nH]1. The fourth-order valence-electron chi connectivity index (χ4n) is 1.56. The monoisotopic (exact) mass is 258 g/mol. The summed E-state index contributed by atoms with van der Waals surface area (Å²) in [7, 11) is 0. The lowest BCUT2D eigenvalue weighted by Crippen LogP contribution is -2.47. The molecule has 0 spiro atoms. The number of H-pyrrole nitrogens is 2. The Kier molecular flexibility index (Phi) is 3.56. The van der Waals surface area contributed by atoms with Crippen LogP contribution in [0.1, 0.15) is 5.56 Å². The number of allylic oxidation sites excluding steroid dienone is 1. The summed E-state index contributed by atoms with van der Waals surface area (Å²) in [5, 5.41) is -0.0277. The van der Waals surface area contributed by atoms with Gasteiger partial charge < -0.3 is 9.97 Å². The van der Waals surface area contributed by atoms with Crippen molar-refractivity contribution in [3.63, 3.8) is 0 Å². The zero-order valence-corrected chi connectivity index (χ0v) is 9.94. The maximum absolute atomic E-state index is 12.9. The van der Waals surface area contributed by atoms with E-state index in [9.17, 15) is 14.0 Å². The van der Waals surface area contributed by atoms with Gasteiger partial charge in [-0.1, -0.05) is 30.9 Å². The summed E-state index contributed by atoms with van der Waals surface area (Å²) in [4.78, 5) is 27.8. The normalized spacial score (nSPS) is 10.8. The van der Waals surface area contributed by atoms with Crippen LogP contribution >= 0.6 is 0 Å². The van der Waals surface area contributed by atoms with E-state index in [-0.39, 0.29) is 16.5 Å². The summed E-state index contributed by atoms with van der Waals surface area (Å²) in [5.41, 5.74) is -0.241. The molecule has 0 aliphatic heterocycles. The summed E-state index contributed by atoms with van der Waals surface area (Å²) in [6.07, 6.45) is 4.47. The number of hydrogen-bond donors (Lipinski definition) is 2. The third kappa shape index (κ3) is 3.16. The van der Waals surface area contributed by atoms with Gasteiger partial charge in [-0.05, 0) is 23.8 Å². The molecule has 0 amide bonds. The van der Waals surface area contributed by atoms with E-state index in [4.69, 9.17) is 0 Å². The molecule has 2 N–H and O–H groups in total. The summed E-state index contributed by atoms with van der Waals surface area (Å²) in [6.45, 7) is 3.44. The second-order valence-corrected chi connectivity index (χ2v) is 3.88. The lowest BCUT2D eigenvalue weighted by atomic mass is 10.2. The molecule has 0 saturated heterocycles. The minimum Gasteiger partial charge on any atom is -0.308 e. The van der Waals surface area contributed by atoms with Gasteiger partial charge in [0.2, 0.25) is 0 Å². The number of benzene rings is 1. The maximum atomic E-state index is 12.9. The number of halogens is 1. The number of nitrogens with one attached hydrogen (secondary N) is 2. The molecular formula is C14H11FN2O2. The third-order valence-electron chi connectivity index (χ3n) is 2.42.